The van der Waals surface area contributed by atoms with Gasteiger partial charge in [0.15, 0.2) is 0 Å². The van der Waals surface area contributed by atoms with E-state index in [1.54, 1.807) is 6.07 Å². The molecule has 1 amide bonds. The number of benzene rings is 2. The fraction of sp³-hybridized carbons (Fsp3) is 0. The number of carbonyl (C=O) groups is 2. The predicted octanol–water partition coefficient (Wildman–Crippen LogP) is 4.01. The first kappa shape index (κ1) is 14.2. The molecule has 2 aromatic carbocycles. The molecule has 1 heterocycles. The number of halogens is 3. The second-order valence-corrected chi connectivity index (χ2v) is 6.23. The molecule has 0 bridgehead atoms. The quantitative estimate of drug-likeness (QED) is 0.813. The molecule has 0 radical (unpaired) electrons. The Balaban J connectivity index is 2.01. The monoisotopic (exact) mass is 369 g/mol. The van der Waals surface area contributed by atoms with Gasteiger partial charge in [-0.1, -0.05) is 11.8 Å². The zero-order valence-corrected chi connectivity index (χ0v) is 12.6. The first-order chi connectivity index (χ1) is 9.95. The number of nitrogens with one attached hydrogen (secondary N) is 1. The number of carbonyl (C=O) groups excluding carboxylic acids is 2. The van der Waals surface area contributed by atoms with Crippen molar-refractivity contribution in [1.82, 2.24) is 0 Å². The second kappa shape index (κ2) is 5.23. The summed E-state index contributed by atoms with van der Waals surface area (Å²) in [5, 5.41) is 2.44. The molecule has 21 heavy (non-hydrogen) atoms. The van der Waals surface area contributed by atoms with E-state index >= 15 is 0 Å². The van der Waals surface area contributed by atoms with E-state index in [1.807, 2.05) is 0 Å². The normalized spacial score (nSPS) is 13.3. The summed E-state index contributed by atoms with van der Waals surface area (Å²) in [6.07, 6.45) is 0. The first-order valence-electron chi connectivity index (χ1n) is 5.78. The summed E-state index contributed by atoms with van der Waals surface area (Å²) in [7, 11) is 0. The van der Waals surface area contributed by atoms with Crippen LogP contribution in [0.1, 0.15) is 10.4 Å². The van der Waals surface area contributed by atoms with E-state index in [2.05, 4.69) is 21.2 Å². The van der Waals surface area contributed by atoms with E-state index in [1.165, 1.54) is 6.07 Å². The lowest BCUT2D eigenvalue weighted by atomic mass is 10.1. The molecule has 1 aliphatic rings. The van der Waals surface area contributed by atoms with Crippen LogP contribution in [0.15, 0.2) is 44.6 Å². The molecule has 3 nitrogen and oxygen atoms in total. The Kier molecular flexibility index (Phi) is 3.54. The highest BCUT2D eigenvalue weighted by molar-refractivity contribution is 9.10. The minimum atomic E-state index is -0.698. The zero-order valence-electron chi connectivity index (χ0n) is 10.2. The van der Waals surface area contributed by atoms with Crippen LogP contribution < -0.4 is 5.32 Å². The molecule has 0 saturated heterocycles. The van der Waals surface area contributed by atoms with Gasteiger partial charge >= 0.3 is 0 Å². The first-order valence-corrected chi connectivity index (χ1v) is 7.39. The Morgan fingerprint density at radius 3 is 2.57 bits per heavy atom. The van der Waals surface area contributed by atoms with Crippen molar-refractivity contribution in [2.24, 2.45) is 0 Å². The summed E-state index contributed by atoms with van der Waals surface area (Å²) in [6.45, 7) is 0. The fourth-order valence-electron chi connectivity index (χ4n) is 1.90. The van der Waals surface area contributed by atoms with Crippen molar-refractivity contribution in [3.05, 3.63) is 52.0 Å². The molecule has 3 rings (SSSR count). The molecule has 0 fully saturated rings. The van der Waals surface area contributed by atoms with Gasteiger partial charge in [-0.15, -0.1) is 0 Å². The van der Waals surface area contributed by atoms with Gasteiger partial charge in [0.05, 0.1) is 16.1 Å². The van der Waals surface area contributed by atoms with Crippen molar-refractivity contribution in [2.75, 3.05) is 5.32 Å². The van der Waals surface area contributed by atoms with Crippen LogP contribution in [0, 0.1) is 11.6 Å². The van der Waals surface area contributed by atoms with Gasteiger partial charge in [-0.05, 0) is 46.3 Å². The van der Waals surface area contributed by atoms with Gasteiger partial charge in [0.2, 0.25) is 0 Å². The fourth-order valence-corrected chi connectivity index (χ4v) is 3.39. The molecule has 1 N–H and O–H groups in total. The molecule has 1 aliphatic heterocycles. The lowest BCUT2D eigenvalue weighted by Gasteiger charge is -2.08. The minimum absolute atomic E-state index is 0.117. The summed E-state index contributed by atoms with van der Waals surface area (Å²) in [5.41, 5.74) is 0.628. The average molecular weight is 370 g/mol. The number of amides is 1. The Labute approximate surface area is 130 Å². The average Bonchev–Trinajstić information content (AvgIpc) is 2.70. The number of fused-ring (bicyclic) bond motifs is 1. The van der Waals surface area contributed by atoms with Crippen LogP contribution in [0.2, 0.25) is 0 Å². The summed E-state index contributed by atoms with van der Waals surface area (Å²) < 4.78 is 27.4. The van der Waals surface area contributed by atoms with Crippen molar-refractivity contribution in [2.45, 2.75) is 9.79 Å². The Morgan fingerprint density at radius 2 is 1.81 bits per heavy atom. The number of rotatable bonds is 2. The van der Waals surface area contributed by atoms with Gasteiger partial charge in [-0.25, -0.2) is 8.78 Å². The smallest absolute Gasteiger partial charge is 0.296 e. The third-order valence-electron chi connectivity index (χ3n) is 2.88. The Morgan fingerprint density at radius 1 is 1.05 bits per heavy atom. The predicted molar refractivity (Wildman–Crippen MR) is 77.6 cm³/mol. The van der Waals surface area contributed by atoms with Crippen molar-refractivity contribution in [1.29, 1.82) is 0 Å². The zero-order chi connectivity index (χ0) is 15.1. The molecular formula is C14H6BrF2NO2S. The minimum Gasteiger partial charge on any atom is -0.318 e. The highest BCUT2D eigenvalue weighted by atomic mass is 79.9. The Bertz CT molecular complexity index is 795. The van der Waals surface area contributed by atoms with Gasteiger partial charge in [0.25, 0.3) is 11.7 Å². The number of Topliss-reactive ketones (excluding diaryl/α,β-unsaturated/α-hetero) is 1. The van der Waals surface area contributed by atoms with Crippen LogP contribution in [0.25, 0.3) is 0 Å². The van der Waals surface area contributed by atoms with Crippen LogP contribution in [0.3, 0.4) is 0 Å². The highest BCUT2D eigenvalue weighted by Gasteiger charge is 2.29. The van der Waals surface area contributed by atoms with Gasteiger partial charge in [-0.2, -0.15) is 0 Å². The maximum atomic E-state index is 13.7. The van der Waals surface area contributed by atoms with Crippen LogP contribution in [-0.2, 0) is 4.79 Å². The van der Waals surface area contributed by atoms with E-state index in [0.717, 1.165) is 30.0 Å². The Hall–Kier alpha value is -1.73. The van der Waals surface area contributed by atoms with Crippen LogP contribution in [-0.4, -0.2) is 11.7 Å². The molecule has 0 spiro atoms. The topological polar surface area (TPSA) is 46.2 Å². The van der Waals surface area contributed by atoms with E-state index in [4.69, 9.17) is 0 Å². The third-order valence-corrected chi connectivity index (χ3v) is 4.89. The van der Waals surface area contributed by atoms with E-state index in [9.17, 15) is 18.4 Å². The molecule has 106 valence electrons. The van der Waals surface area contributed by atoms with Crippen molar-refractivity contribution in [3.63, 3.8) is 0 Å². The van der Waals surface area contributed by atoms with Crippen LogP contribution in [0.5, 0.6) is 0 Å². The van der Waals surface area contributed by atoms with Crippen molar-refractivity contribution < 1.29 is 18.4 Å². The van der Waals surface area contributed by atoms with Crippen molar-refractivity contribution >= 4 is 45.1 Å². The highest BCUT2D eigenvalue weighted by Crippen LogP contribution is 2.39. The van der Waals surface area contributed by atoms with Gasteiger partial charge in [-0.3, -0.25) is 9.59 Å². The van der Waals surface area contributed by atoms with E-state index in [-0.39, 0.29) is 10.5 Å². The largest absolute Gasteiger partial charge is 0.318 e. The van der Waals surface area contributed by atoms with Gasteiger partial charge < -0.3 is 5.32 Å². The number of anilines is 1. The molecule has 0 aliphatic carbocycles. The molecular weight excluding hydrogens is 364 g/mol. The SMILES string of the molecule is O=C1Nc2cc(Sc3cc(F)ccc3F)c(Br)cc2C1=O. The third kappa shape index (κ3) is 2.58. The maximum Gasteiger partial charge on any atom is 0.296 e. The molecule has 2 aromatic rings. The van der Waals surface area contributed by atoms with E-state index < -0.39 is 23.3 Å². The molecule has 0 aromatic heterocycles. The molecule has 0 saturated carbocycles. The van der Waals surface area contributed by atoms with Gasteiger partial charge in [0, 0.05) is 9.37 Å². The molecule has 0 atom stereocenters. The summed E-state index contributed by atoms with van der Waals surface area (Å²) in [6, 6.07) is 6.22. The standard InChI is InChI=1S/C14H6BrF2NO2S/c15-8-4-7-10(18-14(20)13(7)19)5-11(8)21-12-3-6(16)1-2-9(12)17/h1-5H,(H,18,19,20). The van der Waals surface area contributed by atoms with Crippen LogP contribution in [0.4, 0.5) is 14.5 Å². The summed E-state index contributed by atoms with van der Waals surface area (Å²) in [5.74, 6) is -2.40. The summed E-state index contributed by atoms with van der Waals surface area (Å²) >= 11 is 4.27. The molecule has 7 heteroatoms. The van der Waals surface area contributed by atoms with Crippen LogP contribution >= 0.6 is 27.7 Å². The molecule has 0 unspecified atom stereocenters. The number of ketones is 1. The lowest BCUT2D eigenvalue weighted by Crippen LogP contribution is -2.12. The summed E-state index contributed by atoms with van der Waals surface area (Å²) in [4.78, 5) is 23.6. The van der Waals surface area contributed by atoms with Gasteiger partial charge in [0.1, 0.15) is 11.6 Å². The van der Waals surface area contributed by atoms with Crippen molar-refractivity contribution in [3.8, 4) is 0 Å². The van der Waals surface area contributed by atoms with E-state index in [0.29, 0.717) is 15.1 Å². The number of hydrogen-bond acceptors (Lipinski definition) is 3. The lowest BCUT2D eigenvalue weighted by molar-refractivity contribution is -0.112. The maximum absolute atomic E-state index is 13.7. The second-order valence-electron chi connectivity index (χ2n) is 4.29. The number of hydrogen-bond donors (Lipinski definition) is 1.